The lowest BCUT2D eigenvalue weighted by atomic mass is 10.0. The highest BCUT2D eigenvalue weighted by atomic mass is 16.5. The lowest BCUT2D eigenvalue weighted by Gasteiger charge is -2.15. The molecule has 0 bridgehead atoms. The van der Waals surface area contributed by atoms with Gasteiger partial charge in [-0.05, 0) is 61.4 Å². The van der Waals surface area contributed by atoms with Crippen molar-refractivity contribution in [3.63, 3.8) is 0 Å². The van der Waals surface area contributed by atoms with Gasteiger partial charge >= 0.3 is 5.97 Å². The Bertz CT molecular complexity index is 1550. The molecule has 0 aliphatic heterocycles. The summed E-state index contributed by atoms with van der Waals surface area (Å²) >= 11 is 0. The molecule has 2 aromatic heterocycles. The number of fused-ring (bicyclic) bond motifs is 1. The summed E-state index contributed by atoms with van der Waals surface area (Å²) in [6.07, 6.45) is -0.724. The molecular formula is C29H27N3O6. The Hall–Kier alpha value is -4.84. The van der Waals surface area contributed by atoms with Crippen LogP contribution in [-0.4, -0.2) is 46.7 Å². The summed E-state index contributed by atoms with van der Waals surface area (Å²) in [4.78, 5) is 29.6. The molecule has 0 saturated heterocycles. The summed E-state index contributed by atoms with van der Waals surface area (Å²) in [7, 11) is 3.08. The summed E-state index contributed by atoms with van der Waals surface area (Å²) in [6.45, 7) is 3.80. The number of aliphatic carboxylic acids is 1. The minimum absolute atomic E-state index is 0.163. The Morgan fingerprint density at radius 2 is 1.76 bits per heavy atom. The lowest BCUT2D eigenvalue weighted by Crippen LogP contribution is -2.25. The Morgan fingerprint density at radius 3 is 2.37 bits per heavy atom. The van der Waals surface area contributed by atoms with E-state index in [1.54, 1.807) is 62.6 Å². The zero-order valence-electron chi connectivity index (χ0n) is 21.5. The van der Waals surface area contributed by atoms with Crippen molar-refractivity contribution in [3.05, 3.63) is 82.5 Å². The van der Waals surface area contributed by atoms with Crippen molar-refractivity contribution in [2.24, 2.45) is 0 Å². The van der Waals surface area contributed by atoms with E-state index in [0.29, 0.717) is 56.4 Å². The van der Waals surface area contributed by atoms with Crippen LogP contribution in [-0.2, 0) is 11.3 Å². The number of aromatic nitrogens is 2. The summed E-state index contributed by atoms with van der Waals surface area (Å²) in [6, 6.07) is 17.5. The topological polar surface area (TPSA) is 124 Å². The van der Waals surface area contributed by atoms with Crippen LogP contribution in [0.1, 0.15) is 46.1 Å². The fraction of sp³-hybridized carbons (Fsp3) is 0.241. The van der Waals surface area contributed by atoms with E-state index in [1.807, 2.05) is 11.5 Å². The van der Waals surface area contributed by atoms with Gasteiger partial charge in [0.2, 0.25) is 5.88 Å². The van der Waals surface area contributed by atoms with Crippen molar-refractivity contribution in [1.29, 1.82) is 5.26 Å². The predicted octanol–water partition coefficient (Wildman–Crippen LogP) is 4.75. The molecule has 0 fully saturated rings. The quantitative estimate of drug-likeness (QED) is 0.301. The number of benzene rings is 2. The number of hydrogen-bond donors (Lipinski definition) is 1. The van der Waals surface area contributed by atoms with E-state index in [0.717, 1.165) is 0 Å². The first-order valence-electron chi connectivity index (χ1n) is 12.0. The van der Waals surface area contributed by atoms with Crippen molar-refractivity contribution in [2.75, 3.05) is 14.2 Å². The van der Waals surface area contributed by atoms with Gasteiger partial charge in [-0.25, -0.2) is 4.79 Å². The maximum absolute atomic E-state index is 13.6. The van der Waals surface area contributed by atoms with Crippen molar-refractivity contribution in [1.82, 2.24) is 9.55 Å². The monoisotopic (exact) mass is 513 g/mol. The third kappa shape index (κ3) is 5.02. The van der Waals surface area contributed by atoms with E-state index in [2.05, 4.69) is 11.1 Å². The van der Waals surface area contributed by atoms with Crippen LogP contribution < -0.4 is 14.2 Å². The van der Waals surface area contributed by atoms with Gasteiger partial charge < -0.3 is 23.9 Å². The van der Waals surface area contributed by atoms with Crippen LogP contribution in [0.3, 0.4) is 0 Å². The fourth-order valence-electron chi connectivity index (χ4n) is 4.31. The molecule has 0 spiro atoms. The number of carbonyl (C=O) groups is 2. The highest BCUT2D eigenvalue weighted by Crippen LogP contribution is 2.31. The molecule has 0 aliphatic rings. The number of hydrogen-bond acceptors (Lipinski definition) is 7. The average Bonchev–Trinajstić information content (AvgIpc) is 3.21. The normalized spacial score (nSPS) is 11.6. The number of pyridine rings is 1. The van der Waals surface area contributed by atoms with Gasteiger partial charge in [0, 0.05) is 22.7 Å². The number of methoxy groups -OCH3 is 2. The van der Waals surface area contributed by atoms with Gasteiger partial charge in [-0.15, -0.1) is 0 Å². The van der Waals surface area contributed by atoms with Gasteiger partial charge in [-0.3, -0.25) is 4.79 Å². The van der Waals surface area contributed by atoms with Gasteiger partial charge in [-0.1, -0.05) is 13.0 Å². The first kappa shape index (κ1) is 26.2. The molecule has 4 rings (SSSR count). The number of carbonyl (C=O) groups excluding carboxylic acids is 1. The van der Waals surface area contributed by atoms with E-state index >= 15 is 0 Å². The molecule has 0 radical (unpaired) electrons. The largest absolute Gasteiger partial charge is 0.497 e. The Kier molecular flexibility index (Phi) is 7.63. The molecule has 38 heavy (non-hydrogen) atoms. The number of carboxylic acid groups (broad SMARTS) is 1. The number of rotatable bonds is 10. The molecule has 2 heterocycles. The number of ketones is 1. The standard InChI is InChI=1S/C29H27N3O6/c1-5-24(29(34)35)38-22-11-8-19(20(14-22)15-30)16-32-17(2)26(23-12-13-25(37-4)31-28(23)32)27(33)18-6-9-21(36-3)10-7-18/h6-14,24H,5,16H2,1-4H3,(H,34,35). The lowest BCUT2D eigenvalue weighted by molar-refractivity contribution is -0.145. The van der Waals surface area contributed by atoms with E-state index in [4.69, 9.17) is 14.2 Å². The Balaban J connectivity index is 1.78. The number of nitriles is 1. The summed E-state index contributed by atoms with van der Waals surface area (Å²) < 4.78 is 18.0. The molecule has 9 heteroatoms. The van der Waals surface area contributed by atoms with Crippen LogP contribution in [0.25, 0.3) is 11.0 Å². The molecular weight excluding hydrogens is 486 g/mol. The van der Waals surface area contributed by atoms with Crippen molar-refractivity contribution >= 4 is 22.8 Å². The SMILES string of the molecule is CCC(Oc1ccc(Cn2c(C)c(C(=O)c3ccc(OC)cc3)c3ccc(OC)nc32)c(C#N)c1)C(=O)O. The minimum Gasteiger partial charge on any atom is -0.497 e. The fourth-order valence-corrected chi connectivity index (χ4v) is 4.31. The zero-order chi connectivity index (χ0) is 27.4. The van der Waals surface area contributed by atoms with E-state index in [1.165, 1.54) is 13.2 Å². The second-order valence-electron chi connectivity index (χ2n) is 8.61. The molecule has 1 N–H and O–H groups in total. The van der Waals surface area contributed by atoms with Crippen molar-refractivity contribution in [3.8, 4) is 23.4 Å². The third-order valence-corrected chi connectivity index (χ3v) is 6.38. The number of ether oxygens (including phenoxy) is 3. The van der Waals surface area contributed by atoms with Gasteiger partial charge in [0.05, 0.1) is 38.0 Å². The molecule has 0 aliphatic carbocycles. The summed E-state index contributed by atoms with van der Waals surface area (Å²) in [5.41, 5.74) is 3.23. The molecule has 9 nitrogen and oxygen atoms in total. The van der Waals surface area contributed by atoms with Crippen LogP contribution in [0, 0.1) is 18.3 Å². The van der Waals surface area contributed by atoms with E-state index in [9.17, 15) is 20.0 Å². The number of carboxylic acids is 1. The predicted molar refractivity (Wildman–Crippen MR) is 140 cm³/mol. The van der Waals surface area contributed by atoms with Gasteiger partial charge in [0.1, 0.15) is 17.1 Å². The third-order valence-electron chi connectivity index (χ3n) is 6.38. The van der Waals surface area contributed by atoms with E-state index in [-0.39, 0.29) is 18.7 Å². The van der Waals surface area contributed by atoms with Crippen molar-refractivity contribution in [2.45, 2.75) is 32.9 Å². The second kappa shape index (κ2) is 11.0. The molecule has 0 amide bonds. The molecule has 194 valence electrons. The molecule has 2 aromatic carbocycles. The van der Waals surface area contributed by atoms with Gasteiger partial charge in [-0.2, -0.15) is 10.2 Å². The molecule has 0 saturated carbocycles. The maximum Gasteiger partial charge on any atom is 0.344 e. The van der Waals surface area contributed by atoms with Crippen LogP contribution in [0.2, 0.25) is 0 Å². The van der Waals surface area contributed by atoms with Gasteiger partial charge in [0.15, 0.2) is 11.9 Å². The highest BCUT2D eigenvalue weighted by molar-refractivity contribution is 6.17. The van der Waals surface area contributed by atoms with Crippen LogP contribution >= 0.6 is 0 Å². The smallest absolute Gasteiger partial charge is 0.344 e. The number of nitrogens with zero attached hydrogens (tertiary/aromatic N) is 3. The van der Waals surface area contributed by atoms with Gasteiger partial charge in [0.25, 0.3) is 0 Å². The summed E-state index contributed by atoms with van der Waals surface area (Å²) in [5.74, 6) is 0.104. The Morgan fingerprint density at radius 1 is 1.05 bits per heavy atom. The van der Waals surface area contributed by atoms with Crippen LogP contribution in [0.15, 0.2) is 54.6 Å². The first-order chi connectivity index (χ1) is 18.3. The second-order valence-corrected chi connectivity index (χ2v) is 8.61. The highest BCUT2D eigenvalue weighted by Gasteiger charge is 2.24. The van der Waals surface area contributed by atoms with Crippen LogP contribution in [0.5, 0.6) is 17.4 Å². The molecule has 1 atom stereocenters. The molecule has 1 unspecified atom stereocenters. The Labute approximate surface area is 219 Å². The molecule has 4 aromatic rings. The zero-order valence-corrected chi connectivity index (χ0v) is 21.5. The minimum atomic E-state index is -1.07. The average molecular weight is 514 g/mol. The van der Waals surface area contributed by atoms with E-state index < -0.39 is 12.1 Å². The maximum atomic E-state index is 13.6. The van der Waals surface area contributed by atoms with Crippen molar-refractivity contribution < 1.29 is 28.9 Å². The summed E-state index contributed by atoms with van der Waals surface area (Å²) in [5, 5.41) is 19.8. The van der Waals surface area contributed by atoms with Crippen LogP contribution in [0.4, 0.5) is 0 Å². The first-order valence-corrected chi connectivity index (χ1v) is 12.0.